The van der Waals surface area contributed by atoms with Crippen LogP contribution in [0.15, 0.2) is 34.1 Å². The largest absolute Gasteiger partial charge is 0.507 e. The first-order valence-corrected chi connectivity index (χ1v) is 14.2. The van der Waals surface area contributed by atoms with Gasteiger partial charge in [-0.25, -0.2) is 0 Å². The molecule has 0 aliphatic rings. The summed E-state index contributed by atoms with van der Waals surface area (Å²) in [7, 11) is -9.13. The minimum Gasteiger partial charge on any atom is -0.507 e. The van der Waals surface area contributed by atoms with Gasteiger partial charge in [-0.15, -0.1) is 0 Å². The Morgan fingerprint density at radius 1 is 0.857 bits per heavy atom. The molecule has 0 radical (unpaired) electrons. The maximum Gasteiger partial charge on any atom is 0.294 e. The van der Waals surface area contributed by atoms with E-state index >= 15 is 0 Å². The van der Waals surface area contributed by atoms with Gasteiger partial charge in [-0.05, 0) is 55.2 Å². The fourth-order valence-corrected chi connectivity index (χ4v) is 4.92. The van der Waals surface area contributed by atoms with Crippen molar-refractivity contribution in [1.29, 1.82) is 0 Å². The topological polar surface area (TPSA) is 155 Å². The van der Waals surface area contributed by atoms with Crippen LogP contribution in [0, 0.1) is 6.92 Å². The van der Waals surface area contributed by atoms with E-state index in [0.717, 1.165) is 31.4 Å². The van der Waals surface area contributed by atoms with E-state index in [1.165, 1.54) is 19.1 Å². The highest BCUT2D eigenvalue weighted by Gasteiger charge is 2.21. The molecular formula is C24H32O9S2. The van der Waals surface area contributed by atoms with Crippen LogP contribution in [0.1, 0.15) is 68.2 Å². The van der Waals surface area contributed by atoms with Crippen molar-refractivity contribution < 1.29 is 40.6 Å². The number of unbranched alkanes of at least 4 members (excludes halogenated alkanes) is 2. The summed E-state index contributed by atoms with van der Waals surface area (Å²) < 4.78 is 72.0. The molecule has 0 bridgehead atoms. The molecule has 0 heterocycles. The van der Waals surface area contributed by atoms with E-state index in [1.54, 1.807) is 6.92 Å². The van der Waals surface area contributed by atoms with E-state index in [0.29, 0.717) is 18.4 Å². The molecule has 35 heavy (non-hydrogen) atoms. The number of rotatable bonds is 13. The van der Waals surface area contributed by atoms with Gasteiger partial charge in [0, 0.05) is 30.4 Å². The molecule has 194 valence electrons. The second-order valence-corrected chi connectivity index (χ2v) is 11.2. The number of phenolic OH excluding ortho intramolecular Hbond substituents is 1. The second kappa shape index (κ2) is 12.0. The molecule has 0 aliphatic carbocycles. The Morgan fingerprint density at radius 2 is 1.43 bits per heavy atom. The summed E-state index contributed by atoms with van der Waals surface area (Å²) in [6, 6.07) is 4.66. The zero-order valence-corrected chi connectivity index (χ0v) is 21.7. The Morgan fingerprint density at radius 3 is 2.00 bits per heavy atom. The van der Waals surface area contributed by atoms with Gasteiger partial charge in [-0.3, -0.25) is 13.9 Å². The molecule has 0 atom stereocenters. The number of aromatic hydroxyl groups is 1. The Balaban J connectivity index is 2.49. The molecule has 9 nitrogen and oxygen atoms in total. The Kier molecular flexibility index (Phi) is 9.85. The van der Waals surface area contributed by atoms with E-state index in [4.69, 9.17) is 4.74 Å². The molecule has 0 fully saturated rings. The molecule has 0 aliphatic heterocycles. The van der Waals surface area contributed by atoms with Gasteiger partial charge in [-0.1, -0.05) is 26.7 Å². The molecule has 0 spiro atoms. The predicted octanol–water partition coefficient (Wildman–Crippen LogP) is 4.27. The normalized spacial score (nSPS) is 12.0. The zero-order valence-electron chi connectivity index (χ0n) is 20.1. The van der Waals surface area contributed by atoms with Crippen LogP contribution in [0.3, 0.4) is 0 Å². The lowest BCUT2D eigenvalue weighted by atomic mass is 9.98. The van der Waals surface area contributed by atoms with Gasteiger partial charge >= 0.3 is 0 Å². The number of Topliss-reactive ketones (excluding diaryl/α,β-unsaturated/α-hetero) is 1. The average Bonchev–Trinajstić information content (AvgIpc) is 2.76. The van der Waals surface area contributed by atoms with Crippen LogP contribution in [-0.4, -0.2) is 43.4 Å². The van der Waals surface area contributed by atoms with Crippen LogP contribution in [0.5, 0.6) is 11.5 Å². The molecule has 0 saturated carbocycles. The smallest absolute Gasteiger partial charge is 0.294 e. The number of ketones is 1. The second-order valence-electron chi connectivity index (χ2n) is 8.39. The predicted molar refractivity (Wildman–Crippen MR) is 130 cm³/mol. The Bertz CT molecular complexity index is 1280. The van der Waals surface area contributed by atoms with Crippen molar-refractivity contribution in [2.45, 2.75) is 75.5 Å². The van der Waals surface area contributed by atoms with Crippen molar-refractivity contribution in [2.24, 2.45) is 0 Å². The van der Waals surface area contributed by atoms with Crippen molar-refractivity contribution in [3.8, 4) is 11.5 Å². The number of aryl methyl sites for hydroxylation is 2. The molecule has 0 aromatic heterocycles. The lowest BCUT2D eigenvalue weighted by Gasteiger charge is -2.18. The summed E-state index contributed by atoms with van der Waals surface area (Å²) in [4.78, 5) is 11.3. The molecule has 3 N–H and O–H groups in total. The fourth-order valence-electron chi connectivity index (χ4n) is 3.72. The van der Waals surface area contributed by atoms with Crippen molar-refractivity contribution in [2.75, 3.05) is 6.61 Å². The van der Waals surface area contributed by atoms with Gasteiger partial charge in [0.2, 0.25) is 0 Å². The summed E-state index contributed by atoms with van der Waals surface area (Å²) in [6.07, 6.45) is 3.54. The number of hydrogen-bond donors (Lipinski definition) is 3. The standard InChI is InChI=1S/C24H32O9S2/c1-4-6-7-8-20(25)9-10-33-24-17(5-2)13-22(35(30,31)32)15-19(24)12-18-14-21(34(27,28)29)11-16(3)23(18)26/h11,13-15,26H,4-10,12H2,1-3H3,(H,27,28,29)(H,30,31,32). The molecule has 11 heteroatoms. The van der Waals surface area contributed by atoms with Crippen LogP contribution >= 0.6 is 0 Å². The third kappa shape index (κ3) is 8.03. The van der Waals surface area contributed by atoms with Gasteiger partial charge in [-0.2, -0.15) is 16.8 Å². The highest BCUT2D eigenvalue weighted by Crippen LogP contribution is 2.34. The first kappa shape index (κ1) is 28.8. The zero-order chi connectivity index (χ0) is 26.4. The Labute approximate surface area is 206 Å². The lowest BCUT2D eigenvalue weighted by molar-refractivity contribution is -0.119. The van der Waals surface area contributed by atoms with Gasteiger partial charge in [0.25, 0.3) is 20.2 Å². The summed E-state index contributed by atoms with van der Waals surface area (Å²) in [6.45, 7) is 5.31. The maximum absolute atomic E-state index is 12.1. The number of carbonyl (C=O) groups is 1. The van der Waals surface area contributed by atoms with Crippen molar-refractivity contribution in [3.63, 3.8) is 0 Å². The third-order valence-corrected chi connectivity index (χ3v) is 7.28. The highest BCUT2D eigenvalue weighted by molar-refractivity contribution is 7.86. The van der Waals surface area contributed by atoms with Crippen LogP contribution in [0.25, 0.3) is 0 Å². The molecule has 2 rings (SSSR count). The van der Waals surface area contributed by atoms with Crippen LogP contribution in [0.2, 0.25) is 0 Å². The molecular weight excluding hydrogens is 496 g/mol. The molecule has 2 aromatic rings. The van der Waals surface area contributed by atoms with Crippen LogP contribution < -0.4 is 4.74 Å². The van der Waals surface area contributed by atoms with Crippen molar-refractivity contribution in [1.82, 2.24) is 0 Å². The first-order valence-electron chi connectivity index (χ1n) is 11.4. The third-order valence-electron chi connectivity index (χ3n) is 5.61. The van der Waals surface area contributed by atoms with Gasteiger partial charge < -0.3 is 9.84 Å². The summed E-state index contributed by atoms with van der Waals surface area (Å²) in [5.41, 5.74) is 1.01. The van der Waals surface area contributed by atoms with E-state index in [2.05, 4.69) is 0 Å². The molecule has 0 saturated heterocycles. The maximum atomic E-state index is 12.1. The summed E-state index contributed by atoms with van der Waals surface area (Å²) >= 11 is 0. The Hall–Kier alpha value is -2.47. The number of phenols is 1. The molecule has 2 aromatic carbocycles. The summed E-state index contributed by atoms with van der Waals surface area (Å²) in [5.74, 6) is 0.0991. The van der Waals surface area contributed by atoms with E-state index < -0.39 is 25.1 Å². The van der Waals surface area contributed by atoms with Crippen LogP contribution in [-0.2, 0) is 37.9 Å². The minimum atomic E-state index is -4.57. The lowest BCUT2D eigenvalue weighted by Crippen LogP contribution is -2.11. The number of carbonyl (C=O) groups excluding carboxylic acids is 1. The minimum absolute atomic E-state index is 0.0433. The summed E-state index contributed by atoms with van der Waals surface area (Å²) in [5, 5.41) is 10.5. The SMILES string of the molecule is CCCCCC(=O)CCOc1c(CC)cc(S(=O)(=O)O)cc1Cc1cc(S(=O)(=O)O)cc(C)c1O. The number of ether oxygens (including phenoxy) is 1. The van der Waals surface area contributed by atoms with Gasteiger partial charge in [0.15, 0.2) is 0 Å². The first-order chi connectivity index (χ1) is 16.3. The van der Waals surface area contributed by atoms with Crippen molar-refractivity contribution in [3.05, 3.63) is 46.5 Å². The van der Waals surface area contributed by atoms with Crippen LogP contribution in [0.4, 0.5) is 0 Å². The monoisotopic (exact) mass is 528 g/mol. The molecule has 0 amide bonds. The fraction of sp³-hybridized carbons (Fsp3) is 0.458. The van der Waals surface area contributed by atoms with Crippen molar-refractivity contribution >= 4 is 26.0 Å². The van der Waals surface area contributed by atoms with E-state index in [1.807, 2.05) is 6.92 Å². The number of benzene rings is 2. The quantitative estimate of drug-likeness (QED) is 0.255. The number of hydrogen-bond acceptors (Lipinski definition) is 7. The average molecular weight is 529 g/mol. The van der Waals surface area contributed by atoms with E-state index in [9.17, 15) is 35.8 Å². The van der Waals surface area contributed by atoms with E-state index in [-0.39, 0.29) is 58.3 Å². The molecule has 0 unspecified atom stereocenters. The van der Waals surface area contributed by atoms with Gasteiger partial charge in [0.1, 0.15) is 17.3 Å². The highest BCUT2D eigenvalue weighted by atomic mass is 32.2. The van der Waals surface area contributed by atoms with Gasteiger partial charge in [0.05, 0.1) is 16.4 Å².